The quantitative estimate of drug-likeness (QED) is 0.311. The van der Waals surface area contributed by atoms with Crippen LogP contribution in [0.4, 0.5) is 4.39 Å². The van der Waals surface area contributed by atoms with Crippen LogP contribution >= 0.6 is 24.0 Å². The van der Waals surface area contributed by atoms with E-state index in [1.54, 1.807) is 19.2 Å². The first-order valence-corrected chi connectivity index (χ1v) is 7.56. The van der Waals surface area contributed by atoms with Gasteiger partial charge in [0.15, 0.2) is 5.96 Å². The van der Waals surface area contributed by atoms with Crippen molar-refractivity contribution < 1.29 is 9.13 Å². The van der Waals surface area contributed by atoms with Crippen LogP contribution in [0.5, 0.6) is 5.75 Å². The lowest BCUT2D eigenvalue weighted by atomic mass is 10.1. The molecule has 2 rings (SSSR count). The number of rotatable bonds is 6. The SMILES string of the molecule is CN=C(NCCOc1cccc(F)c1)NCc1cccc(C)c1.I. The molecule has 2 N–H and O–H groups in total. The van der Waals surface area contributed by atoms with Crippen molar-refractivity contribution in [3.8, 4) is 5.75 Å². The third-order valence-corrected chi connectivity index (χ3v) is 3.23. The Labute approximate surface area is 159 Å². The van der Waals surface area contributed by atoms with Crippen molar-refractivity contribution in [3.05, 3.63) is 65.5 Å². The van der Waals surface area contributed by atoms with E-state index in [4.69, 9.17) is 4.74 Å². The van der Waals surface area contributed by atoms with Crippen LogP contribution in [0.3, 0.4) is 0 Å². The number of hydrogen-bond acceptors (Lipinski definition) is 2. The second-order valence-electron chi connectivity index (χ2n) is 5.15. The fraction of sp³-hybridized carbons (Fsp3) is 0.278. The zero-order valence-electron chi connectivity index (χ0n) is 13.9. The molecule has 0 saturated heterocycles. The van der Waals surface area contributed by atoms with Gasteiger partial charge in [0.05, 0.1) is 6.54 Å². The number of nitrogens with one attached hydrogen (secondary N) is 2. The van der Waals surface area contributed by atoms with E-state index in [9.17, 15) is 4.39 Å². The Hall–Kier alpha value is -1.83. The molecule has 4 nitrogen and oxygen atoms in total. The molecule has 0 aliphatic rings. The fourth-order valence-corrected chi connectivity index (χ4v) is 2.12. The van der Waals surface area contributed by atoms with Gasteiger partial charge in [0.1, 0.15) is 18.2 Å². The Morgan fingerprint density at radius 3 is 2.62 bits per heavy atom. The maximum Gasteiger partial charge on any atom is 0.191 e. The fourth-order valence-electron chi connectivity index (χ4n) is 2.12. The first-order valence-electron chi connectivity index (χ1n) is 7.56. The van der Waals surface area contributed by atoms with Gasteiger partial charge in [-0.3, -0.25) is 4.99 Å². The lowest BCUT2D eigenvalue weighted by Gasteiger charge is -2.13. The molecule has 130 valence electrons. The molecule has 0 unspecified atom stereocenters. The van der Waals surface area contributed by atoms with Crippen LogP contribution in [-0.4, -0.2) is 26.2 Å². The van der Waals surface area contributed by atoms with Crippen molar-refractivity contribution >= 4 is 29.9 Å². The van der Waals surface area contributed by atoms with E-state index in [1.165, 1.54) is 23.3 Å². The van der Waals surface area contributed by atoms with E-state index >= 15 is 0 Å². The lowest BCUT2D eigenvalue weighted by Crippen LogP contribution is -2.38. The summed E-state index contributed by atoms with van der Waals surface area (Å²) < 4.78 is 18.5. The summed E-state index contributed by atoms with van der Waals surface area (Å²) >= 11 is 0. The first-order chi connectivity index (χ1) is 11.2. The zero-order valence-corrected chi connectivity index (χ0v) is 16.2. The third kappa shape index (κ3) is 7.16. The van der Waals surface area contributed by atoms with E-state index in [0.29, 0.717) is 31.4 Å². The van der Waals surface area contributed by atoms with Crippen LogP contribution < -0.4 is 15.4 Å². The average molecular weight is 443 g/mol. The number of benzene rings is 2. The molecule has 6 heteroatoms. The summed E-state index contributed by atoms with van der Waals surface area (Å²) in [5.41, 5.74) is 2.43. The van der Waals surface area contributed by atoms with Crippen molar-refractivity contribution in [1.82, 2.24) is 10.6 Å². The van der Waals surface area contributed by atoms with Gasteiger partial charge in [0.2, 0.25) is 0 Å². The van der Waals surface area contributed by atoms with E-state index < -0.39 is 0 Å². The number of ether oxygens (including phenoxy) is 1. The van der Waals surface area contributed by atoms with Gasteiger partial charge in [-0.1, -0.05) is 35.9 Å². The molecule has 2 aromatic carbocycles. The Kier molecular flexibility index (Phi) is 9.14. The molecule has 0 spiro atoms. The maximum absolute atomic E-state index is 13.0. The number of nitrogens with zero attached hydrogens (tertiary/aromatic N) is 1. The smallest absolute Gasteiger partial charge is 0.191 e. The van der Waals surface area contributed by atoms with Crippen LogP contribution in [-0.2, 0) is 6.54 Å². The van der Waals surface area contributed by atoms with Gasteiger partial charge < -0.3 is 15.4 Å². The Morgan fingerprint density at radius 2 is 1.92 bits per heavy atom. The monoisotopic (exact) mass is 443 g/mol. The zero-order chi connectivity index (χ0) is 16.5. The molecule has 2 aromatic rings. The van der Waals surface area contributed by atoms with Crippen molar-refractivity contribution in [3.63, 3.8) is 0 Å². The molecule has 24 heavy (non-hydrogen) atoms. The number of aliphatic imine (C=N–C) groups is 1. The minimum atomic E-state index is -0.300. The Morgan fingerprint density at radius 1 is 1.12 bits per heavy atom. The molecule has 0 saturated carbocycles. The van der Waals surface area contributed by atoms with E-state index in [1.807, 2.05) is 6.07 Å². The molecule has 0 atom stereocenters. The minimum absolute atomic E-state index is 0. The molecule has 0 heterocycles. The molecule has 0 radical (unpaired) electrons. The van der Waals surface area contributed by atoms with Gasteiger partial charge in [0, 0.05) is 19.7 Å². The predicted molar refractivity (Wildman–Crippen MR) is 107 cm³/mol. The van der Waals surface area contributed by atoms with Crippen molar-refractivity contribution in [2.75, 3.05) is 20.2 Å². The normalized spacial score (nSPS) is 10.7. The van der Waals surface area contributed by atoms with Gasteiger partial charge in [-0.25, -0.2) is 4.39 Å². The van der Waals surface area contributed by atoms with E-state index in [2.05, 4.69) is 40.7 Å². The molecule has 0 aliphatic carbocycles. The van der Waals surface area contributed by atoms with E-state index in [-0.39, 0.29) is 29.8 Å². The summed E-state index contributed by atoms with van der Waals surface area (Å²) in [4.78, 5) is 4.16. The second-order valence-corrected chi connectivity index (χ2v) is 5.15. The first kappa shape index (κ1) is 20.2. The Balaban J connectivity index is 0.00000288. The van der Waals surface area contributed by atoms with Crippen molar-refractivity contribution in [1.29, 1.82) is 0 Å². The molecular weight excluding hydrogens is 420 g/mol. The largest absolute Gasteiger partial charge is 0.492 e. The summed E-state index contributed by atoms with van der Waals surface area (Å²) in [5.74, 6) is 0.926. The van der Waals surface area contributed by atoms with E-state index in [0.717, 1.165) is 0 Å². The van der Waals surface area contributed by atoms with Crippen molar-refractivity contribution in [2.45, 2.75) is 13.5 Å². The third-order valence-electron chi connectivity index (χ3n) is 3.23. The minimum Gasteiger partial charge on any atom is -0.492 e. The summed E-state index contributed by atoms with van der Waals surface area (Å²) in [7, 11) is 1.72. The van der Waals surface area contributed by atoms with Crippen molar-refractivity contribution in [2.24, 2.45) is 4.99 Å². The van der Waals surface area contributed by atoms with Gasteiger partial charge >= 0.3 is 0 Å². The number of guanidine groups is 1. The van der Waals surface area contributed by atoms with Crippen LogP contribution in [0.2, 0.25) is 0 Å². The molecule has 0 aliphatic heterocycles. The topological polar surface area (TPSA) is 45.7 Å². The molecule has 0 aromatic heterocycles. The highest BCUT2D eigenvalue weighted by molar-refractivity contribution is 14.0. The molecule has 0 amide bonds. The van der Waals surface area contributed by atoms with Gasteiger partial charge in [-0.2, -0.15) is 0 Å². The Bertz CT molecular complexity index is 664. The highest BCUT2D eigenvalue weighted by atomic mass is 127. The summed E-state index contributed by atoms with van der Waals surface area (Å²) in [5, 5.41) is 6.40. The predicted octanol–water partition coefficient (Wildman–Crippen LogP) is 3.50. The number of hydrogen-bond donors (Lipinski definition) is 2. The number of halogens is 2. The van der Waals surface area contributed by atoms with Crippen LogP contribution in [0.25, 0.3) is 0 Å². The molecule has 0 fully saturated rings. The van der Waals surface area contributed by atoms with Gasteiger partial charge in [-0.05, 0) is 24.6 Å². The average Bonchev–Trinajstić information content (AvgIpc) is 2.54. The molecule has 0 bridgehead atoms. The van der Waals surface area contributed by atoms with Crippen LogP contribution in [0, 0.1) is 12.7 Å². The highest BCUT2D eigenvalue weighted by Gasteiger charge is 2.00. The van der Waals surface area contributed by atoms with Gasteiger partial charge in [-0.15, -0.1) is 24.0 Å². The van der Waals surface area contributed by atoms with Crippen LogP contribution in [0.1, 0.15) is 11.1 Å². The summed E-state index contributed by atoms with van der Waals surface area (Å²) in [6, 6.07) is 14.4. The standard InChI is InChI=1S/C18H22FN3O.HI/c1-14-5-3-6-15(11-14)13-22-18(20-2)21-9-10-23-17-8-4-7-16(19)12-17;/h3-8,11-12H,9-10,13H2,1-2H3,(H2,20,21,22);1H. The van der Waals surface area contributed by atoms with Crippen LogP contribution in [0.15, 0.2) is 53.5 Å². The highest BCUT2D eigenvalue weighted by Crippen LogP contribution is 2.11. The lowest BCUT2D eigenvalue weighted by molar-refractivity contribution is 0.320. The summed E-state index contributed by atoms with van der Waals surface area (Å²) in [6.45, 7) is 3.77. The number of aryl methyl sites for hydroxylation is 1. The van der Waals surface area contributed by atoms with Gasteiger partial charge in [0.25, 0.3) is 0 Å². The molecular formula is C18H23FIN3O. The second kappa shape index (κ2) is 10.9. The summed E-state index contributed by atoms with van der Waals surface area (Å²) in [6.07, 6.45) is 0. The maximum atomic E-state index is 13.0.